The fourth-order valence-corrected chi connectivity index (χ4v) is 0.277. The number of nitrogens with one attached hydrogen (secondary N) is 1. The number of nitrogen functional groups attached to an aromatic ring is 1. The van der Waals surface area contributed by atoms with Crippen molar-refractivity contribution < 1.29 is 0 Å². The molecule has 3 N–H and O–H groups in total. The topological polar surface area (TPSA) is 54.7 Å². The van der Waals surface area contributed by atoms with Gasteiger partial charge in [-0.3, -0.25) is 0 Å². The van der Waals surface area contributed by atoms with Crippen LogP contribution in [0, 0.1) is 0 Å². The van der Waals surface area contributed by atoms with E-state index >= 15 is 0 Å². The Morgan fingerprint density at radius 3 is 2.83 bits per heavy atom. The molecule has 0 atom stereocenters. The number of H-pyrrole nitrogens is 1. The van der Waals surface area contributed by atoms with Crippen molar-refractivity contribution in [1.82, 2.24) is 9.97 Å². The number of rotatable bonds is 0. The average molecular weight is 87.1 g/mol. The van der Waals surface area contributed by atoms with Crippen molar-refractivity contribution in [3.05, 3.63) is 12.4 Å². The van der Waals surface area contributed by atoms with Gasteiger partial charge in [0.25, 0.3) is 0 Å². The van der Waals surface area contributed by atoms with Gasteiger partial charge in [-0.1, -0.05) is 0 Å². The van der Waals surface area contributed by atoms with Gasteiger partial charge in [0.15, 0.2) is 5.95 Å². The van der Waals surface area contributed by atoms with Crippen LogP contribution in [0.1, 0.15) is 0 Å². The van der Waals surface area contributed by atoms with Crippen LogP contribution in [0.15, 0.2) is 12.4 Å². The van der Waals surface area contributed by atoms with E-state index in [1.165, 1.54) is 0 Å². The number of hydrogen-bond acceptors (Lipinski definition) is 2. The van der Waals surface area contributed by atoms with Crippen LogP contribution < -0.4 is 5.73 Å². The van der Waals surface area contributed by atoms with Gasteiger partial charge in [0.05, 0.1) is 0 Å². The second kappa shape index (κ2) is 1.01. The Labute approximate surface area is 35.2 Å². The molecule has 0 spiro atoms. The van der Waals surface area contributed by atoms with Crippen molar-refractivity contribution in [2.75, 3.05) is 5.73 Å². The van der Waals surface area contributed by atoms with Gasteiger partial charge >= 0.3 is 0 Å². The van der Waals surface area contributed by atoms with Crippen molar-refractivity contribution >= 4 is 5.95 Å². The molecule has 0 aliphatic heterocycles. The molecule has 0 saturated heterocycles. The molecule has 6 heavy (non-hydrogen) atoms. The molecule has 1 heterocycles. The molecule has 0 bridgehead atoms. The van der Waals surface area contributed by atoms with Gasteiger partial charge in [0.2, 0.25) is 0 Å². The number of aromatic nitrogens is 2. The number of hydrogen-bond donors (Lipinski definition) is 2. The summed E-state index contributed by atoms with van der Waals surface area (Å²) in [6.45, 7) is 0. The highest BCUT2D eigenvalue weighted by molar-refractivity contribution is 5.11. The van der Waals surface area contributed by atoms with Gasteiger partial charge in [0, 0.05) is 12.4 Å². The first-order chi connectivity index (χ1) is 2.89. The standard InChI is InChI=1S/C3H5N3/c4-3-5-1-2-6-3/h1-2H,(H3,4,5,6)/i3+1,4+1,5+1,6+1. The van der Waals surface area contributed by atoms with Crippen molar-refractivity contribution in [1.29, 1.82) is 0 Å². The minimum atomic E-state index is 0.468. The van der Waals surface area contributed by atoms with E-state index in [9.17, 15) is 0 Å². The summed E-state index contributed by atoms with van der Waals surface area (Å²) in [5.41, 5.74) is 5.11. The molecule has 0 fully saturated rings. The van der Waals surface area contributed by atoms with E-state index in [0.717, 1.165) is 0 Å². The molecule has 3 heteroatoms. The number of nitrogens with zero attached hydrogens (tertiary/aromatic N) is 1. The molecule has 0 amide bonds. The maximum absolute atomic E-state index is 5.11. The van der Waals surface area contributed by atoms with E-state index in [4.69, 9.17) is 5.73 Å². The molecular formula is C3H5N3. The van der Waals surface area contributed by atoms with E-state index < -0.39 is 0 Å². The van der Waals surface area contributed by atoms with Crippen LogP contribution in [0.2, 0.25) is 0 Å². The lowest BCUT2D eigenvalue weighted by Gasteiger charge is -1.70. The van der Waals surface area contributed by atoms with E-state index in [2.05, 4.69) is 9.97 Å². The lowest BCUT2D eigenvalue weighted by molar-refractivity contribution is 1.33. The summed E-state index contributed by atoms with van der Waals surface area (Å²) in [6.07, 6.45) is 3.28. The SMILES string of the molecule is [15NH2][13c]1[15n]cc[15nH]1. The highest BCUT2D eigenvalue weighted by Crippen LogP contribution is 1.81. The Bertz CT molecular complexity index is 110. The fourth-order valence-electron chi connectivity index (χ4n) is 0.277. The van der Waals surface area contributed by atoms with E-state index in [1.807, 2.05) is 0 Å². The zero-order valence-electron chi connectivity index (χ0n) is 3.18. The Balaban J connectivity index is 3.05. The summed E-state index contributed by atoms with van der Waals surface area (Å²) < 4.78 is 0. The lowest BCUT2D eigenvalue weighted by atomic mass is 11.0. The van der Waals surface area contributed by atoms with Crippen LogP contribution in [0.4, 0.5) is 5.95 Å². The molecule has 32 valence electrons. The second-order valence-corrected chi connectivity index (χ2v) is 0.974. The van der Waals surface area contributed by atoms with Crippen LogP contribution in [-0.4, -0.2) is 9.97 Å². The van der Waals surface area contributed by atoms with Crippen molar-refractivity contribution in [2.24, 2.45) is 0 Å². The molecule has 0 aliphatic rings. The molecule has 3 nitrogen and oxygen atoms in total. The average Bonchev–Trinajstić information content (AvgIpc) is 1.86. The van der Waals surface area contributed by atoms with Gasteiger partial charge in [0.1, 0.15) is 0 Å². The zero-order chi connectivity index (χ0) is 4.41. The van der Waals surface area contributed by atoms with Gasteiger partial charge in [-0.25, -0.2) is 4.98 Å². The summed E-state index contributed by atoms with van der Waals surface area (Å²) in [5, 5.41) is 0. The largest absolute Gasteiger partial charge is 0.369 e. The van der Waals surface area contributed by atoms with E-state index in [-0.39, 0.29) is 0 Å². The number of anilines is 1. The third-order valence-corrected chi connectivity index (χ3v) is 0.519. The first-order valence-electron chi connectivity index (χ1n) is 1.64. The van der Waals surface area contributed by atoms with Crippen LogP contribution in [0.5, 0.6) is 0 Å². The minimum Gasteiger partial charge on any atom is -0.369 e. The first kappa shape index (κ1) is 3.21. The Kier molecular flexibility index (Phi) is 0.538. The Hall–Kier alpha value is -0.990. The quantitative estimate of drug-likeness (QED) is 0.437. The second-order valence-electron chi connectivity index (χ2n) is 0.974. The van der Waals surface area contributed by atoms with Gasteiger partial charge in [-0.2, -0.15) is 0 Å². The van der Waals surface area contributed by atoms with Gasteiger partial charge in [-0.05, 0) is 0 Å². The minimum absolute atomic E-state index is 0.468. The monoisotopic (exact) mass is 87.0 g/mol. The van der Waals surface area contributed by atoms with E-state index in [0.29, 0.717) is 5.95 Å². The molecule has 0 saturated carbocycles. The molecule has 0 unspecified atom stereocenters. The van der Waals surface area contributed by atoms with Gasteiger partial charge in [-0.15, -0.1) is 0 Å². The number of aromatic amines is 1. The van der Waals surface area contributed by atoms with Crippen molar-refractivity contribution in [3.63, 3.8) is 0 Å². The molecule has 0 aliphatic carbocycles. The third kappa shape index (κ3) is 0.337. The third-order valence-electron chi connectivity index (χ3n) is 0.519. The van der Waals surface area contributed by atoms with Crippen LogP contribution >= 0.6 is 0 Å². The number of nitrogens with two attached hydrogens (primary N) is 1. The fraction of sp³-hybridized carbons (Fsp3) is 0. The molecule has 1 aromatic heterocycles. The highest BCUT2D eigenvalue weighted by atomic mass is 15.9. The molecule has 1 aromatic rings. The van der Waals surface area contributed by atoms with Gasteiger partial charge < -0.3 is 10.7 Å². The molecule has 1 rings (SSSR count). The summed E-state index contributed by atoms with van der Waals surface area (Å²) in [7, 11) is 0. The summed E-state index contributed by atoms with van der Waals surface area (Å²) in [5.74, 6) is 0.468. The number of imidazole rings is 1. The zero-order valence-corrected chi connectivity index (χ0v) is 3.18. The predicted molar refractivity (Wildman–Crippen MR) is 23.0 cm³/mol. The molecular weight excluding hydrogens is 82.0 g/mol. The predicted octanol–water partition coefficient (Wildman–Crippen LogP) is -0.00810. The summed E-state index contributed by atoms with van der Waals surface area (Å²) in [4.78, 5) is 6.31. The van der Waals surface area contributed by atoms with Crippen LogP contribution in [-0.2, 0) is 0 Å². The van der Waals surface area contributed by atoms with Crippen LogP contribution in [0.3, 0.4) is 0 Å². The molecule has 0 aromatic carbocycles. The van der Waals surface area contributed by atoms with Crippen molar-refractivity contribution in [2.45, 2.75) is 0 Å². The lowest BCUT2D eigenvalue weighted by Crippen LogP contribution is -1.83. The highest BCUT2D eigenvalue weighted by Gasteiger charge is 1.74. The maximum Gasteiger partial charge on any atom is 0.197 e. The normalized spacial score (nSPS) is 8.67. The summed E-state index contributed by atoms with van der Waals surface area (Å²) >= 11 is 0. The van der Waals surface area contributed by atoms with Crippen LogP contribution in [0.25, 0.3) is 0 Å². The van der Waals surface area contributed by atoms with E-state index in [1.54, 1.807) is 12.4 Å². The maximum atomic E-state index is 5.11. The Morgan fingerprint density at radius 1 is 1.83 bits per heavy atom. The first-order valence-corrected chi connectivity index (χ1v) is 1.64. The van der Waals surface area contributed by atoms with Crippen molar-refractivity contribution in [3.8, 4) is 0 Å². The smallest absolute Gasteiger partial charge is 0.197 e. The molecule has 0 radical (unpaired) electrons. The Morgan fingerprint density at radius 2 is 2.67 bits per heavy atom. The summed E-state index contributed by atoms with van der Waals surface area (Å²) in [6, 6.07) is 0.